The van der Waals surface area contributed by atoms with Crippen LogP contribution in [-0.2, 0) is 9.53 Å². The summed E-state index contributed by atoms with van der Waals surface area (Å²) < 4.78 is 6.57. The lowest BCUT2D eigenvalue weighted by Gasteiger charge is -2.06. The molecule has 0 aliphatic rings. The number of nitrogens with zero attached hydrogens (tertiary/aromatic N) is 2. The van der Waals surface area contributed by atoms with Gasteiger partial charge in [0.1, 0.15) is 5.56 Å². The number of aromatic nitrogens is 2. The molecule has 21 heavy (non-hydrogen) atoms. The smallest absolute Gasteiger partial charge is 0.341 e. The standard InChI is InChI=1S/C15H19N3O3/c1-3-5-6-14(19)17-11-7-8-18-13(9-11)12(10-16-18)15(20)21-4-2/h7-10H,3-6H2,1-2H3,(H,17,19). The third kappa shape index (κ3) is 3.59. The lowest BCUT2D eigenvalue weighted by atomic mass is 10.2. The molecule has 6 nitrogen and oxygen atoms in total. The Hall–Kier alpha value is -2.37. The molecular formula is C15H19N3O3. The van der Waals surface area contributed by atoms with Crippen molar-refractivity contribution in [2.45, 2.75) is 33.1 Å². The summed E-state index contributed by atoms with van der Waals surface area (Å²) in [6.07, 6.45) is 5.49. The normalized spacial score (nSPS) is 10.6. The van der Waals surface area contributed by atoms with Crippen molar-refractivity contribution in [1.82, 2.24) is 9.61 Å². The fraction of sp³-hybridized carbons (Fsp3) is 0.400. The predicted molar refractivity (Wildman–Crippen MR) is 79.3 cm³/mol. The summed E-state index contributed by atoms with van der Waals surface area (Å²) >= 11 is 0. The van der Waals surface area contributed by atoms with E-state index >= 15 is 0 Å². The second-order valence-electron chi connectivity index (χ2n) is 4.68. The van der Waals surface area contributed by atoms with Gasteiger partial charge < -0.3 is 10.1 Å². The van der Waals surface area contributed by atoms with Crippen molar-refractivity contribution in [2.24, 2.45) is 0 Å². The van der Waals surface area contributed by atoms with Crippen LogP contribution in [0.2, 0.25) is 0 Å². The van der Waals surface area contributed by atoms with E-state index in [-0.39, 0.29) is 5.91 Å². The van der Waals surface area contributed by atoms with Crippen molar-refractivity contribution in [2.75, 3.05) is 11.9 Å². The molecule has 0 fully saturated rings. The number of unbranched alkanes of at least 4 members (excludes halogenated alkanes) is 1. The Labute approximate surface area is 123 Å². The SMILES string of the molecule is CCCCC(=O)Nc1ccn2ncc(C(=O)OCC)c2c1. The van der Waals surface area contributed by atoms with Crippen molar-refractivity contribution >= 4 is 23.1 Å². The molecule has 2 rings (SSSR count). The highest BCUT2D eigenvalue weighted by molar-refractivity contribution is 5.98. The van der Waals surface area contributed by atoms with E-state index in [0.717, 1.165) is 12.8 Å². The third-order valence-corrected chi connectivity index (χ3v) is 3.06. The summed E-state index contributed by atoms with van der Waals surface area (Å²) in [4.78, 5) is 23.6. The summed E-state index contributed by atoms with van der Waals surface area (Å²) in [6.45, 7) is 4.10. The van der Waals surface area contributed by atoms with Crippen LogP contribution in [-0.4, -0.2) is 28.1 Å². The molecule has 2 aromatic rings. The number of pyridine rings is 1. The van der Waals surface area contributed by atoms with Gasteiger partial charge in [-0.2, -0.15) is 5.10 Å². The van der Waals surface area contributed by atoms with Gasteiger partial charge in [0, 0.05) is 18.3 Å². The number of esters is 1. The van der Waals surface area contributed by atoms with E-state index in [4.69, 9.17) is 4.74 Å². The Morgan fingerprint density at radius 3 is 2.90 bits per heavy atom. The van der Waals surface area contributed by atoms with Crippen molar-refractivity contribution < 1.29 is 14.3 Å². The second-order valence-corrected chi connectivity index (χ2v) is 4.68. The van der Waals surface area contributed by atoms with Crippen LogP contribution < -0.4 is 5.32 Å². The van der Waals surface area contributed by atoms with Crippen molar-refractivity contribution in [3.63, 3.8) is 0 Å². The number of carbonyl (C=O) groups excluding carboxylic acids is 2. The highest BCUT2D eigenvalue weighted by Gasteiger charge is 2.14. The molecule has 0 saturated heterocycles. The minimum atomic E-state index is -0.415. The van der Waals surface area contributed by atoms with Crippen LogP contribution in [0.25, 0.3) is 5.52 Å². The fourth-order valence-corrected chi connectivity index (χ4v) is 1.99. The third-order valence-electron chi connectivity index (χ3n) is 3.06. The maximum Gasteiger partial charge on any atom is 0.341 e. The van der Waals surface area contributed by atoms with Gasteiger partial charge in [-0.05, 0) is 25.5 Å². The summed E-state index contributed by atoms with van der Waals surface area (Å²) in [5.41, 5.74) is 1.65. The second kappa shape index (κ2) is 6.88. The molecule has 0 spiro atoms. The summed E-state index contributed by atoms with van der Waals surface area (Å²) in [5, 5.41) is 6.92. The maximum atomic E-state index is 11.8. The number of carbonyl (C=O) groups is 2. The van der Waals surface area contributed by atoms with Crippen LogP contribution >= 0.6 is 0 Å². The van der Waals surface area contributed by atoms with E-state index in [2.05, 4.69) is 10.4 Å². The van der Waals surface area contributed by atoms with E-state index in [1.807, 2.05) is 6.92 Å². The van der Waals surface area contributed by atoms with Gasteiger partial charge in [-0.3, -0.25) is 4.79 Å². The lowest BCUT2D eigenvalue weighted by Crippen LogP contribution is -2.11. The average molecular weight is 289 g/mol. The molecule has 0 unspecified atom stereocenters. The molecule has 1 N–H and O–H groups in total. The number of rotatable bonds is 6. The first kappa shape index (κ1) is 15.0. The molecule has 112 valence electrons. The topological polar surface area (TPSA) is 72.7 Å². The van der Waals surface area contributed by atoms with Crippen LogP contribution in [0.5, 0.6) is 0 Å². The highest BCUT2D eigenvalue weighted by Crippen LogP contribution is 2.17. The van der Waals surface area contributed by atoms with Crippen molar-refractivity contribution in [3.8, 4) is 0 Å². The first-order valence-corrected chi connectivity index (χ1v) is 7.10. The Bertz CT molecular complexity index is 649. The van der Waals surface area contributed by atoms with Gasteiger partial charge in [0.15, 0.2) is 0 Å². The molecule has 0 aromatic carbocycles. The number of amides is 1. The van der Waals surface area contributed by atoms with E-state index in [1.54, 1.807) is 29.8 Å². The molecule has 0 aliphatic heterocycles. The molecule has 0 aliphatic carbocycles. The first-order chi connectivity index (χ1) is 10.2. The fourth-order valence-electron chi connectivity index (χ4n) is 1.99. The molecule has 0 bridgehead atoms. The number of hydrogen-bond donors (Lipinski definition) is 1. The van der Waals surface area contributed by atoms with E-state index in [1.165, 1.54) is 6.20 Å². The Morgan fingerprint density at radius 1 is 1.38 bits per heavy atom. The van der Waals surface area contributed by atoms with Crippen LogP contribution in [0.1, 0.15) is 43.5 Å². The molecule has 6 heteroatoms. The number of hydrogen-bond acceptors (Lipinski definition) is 4. The number of anilines is 1. The summed E-state index contributed by atoms with van der Waals surface area (Å²) in [6, 6.07) is 3.47. The minimum Gasteiger partial charge on any atom is -0.462 e. The van der Waals surface area contributed by atoms with Gasteiger partial charge in [-0.1, -0.05) is 13.3 Å². The number of nitrogens with one attached hydrogen (secondary N) is 1. The summed E-state index contributed by atoms with van der Waals surface area (Å²) in [7, 11) is 0. The van der Waals surface area contributed by atoms with E-state index < -0.39 is 5.97 Å². The quantitative estimate of drug-likeness (QED) is 0.830. The Balaban J connectivity index is 2.21. The maximum absolute atomic E-state index is 11.8. The molecule has 0 atom stereocenters. The first-order valence-electron chi connectivity index (χ1n) is 7.10. The molecule has 2 heterocycles. The molecular weight excluding hydrogens is 270 g/mol. The monoisotopic (exact) mass is 289 g/mol. The predicted octanol–water partition coefficient (Wildman–Crippen LogP) is 2.64. The Morgan fingerprint density at radius 2 is 2.19 bits per heavy atom. The lowest BCUT2D eigenvalue weighted by molar-refractivity contribution is -0.116. The van der Waals surface area contributed by atoms with Crippen molar-refractivity contribution in [1.29, 1.82) is 0 Å². The molecule has 0 radical (unpaired) electrons. The van der Waals surface area contributed by atoms with Crippen molar-refractivity contribution in [3.05, 3.63) is 30.1 Å². The van der Waals surface area contributed by atoms with Gasteiger partial charge in [-0.15, -0.1) is 0 Å². The van der Waals surface area contributed by atoms with Gasteiger partial charge in [0.2, 0.25) is 5.91 Å². The molecule has 2 aromatic heterocycles. The number of fused-ring (bicyclic) bond motifs is 1. The van der Waals surface area contributed by atoms with E-state index in [0.29, 0.717) is 29.8 Å². The zero-order chi connectivity index (χ0) is 15.2. The van der Waals surface area contributed by atoms with Crippen LogP contribution in [0.15, 0.2) is 24.5 Å². The van der Waals surface area contributed by atoms with E-state index in [9.17, 15) is 9.59 Å². The van der Waals surface area contributed by atoms with Gasteiger partial charge >= 0.3 is 5.97 Å². The summed E-state index contributed by atoms with van der Waals surface area (Å²) in [5.74, 6) is -0.444. The zero-order valence-corrected chi connectivity index (χ0v) is 12.3. The minimum absolute atomic E-state index is 0.0293. The van der Waals surface area contributed by atoms with Gasteiger partial charge in [0.05, 0.1) is 18.3 Å². The largest absolute Gasteiger partial charge is 0.462 e. The van der Waals surface area contributed by atoms with Crippen LogP contribution in [0.4, 0.5) is 5.69 Å². The van der Waals surface area contributed by atoms with Gasteiger partial charge in [-0.25, -0.2) is 9.31 Å². The molecule has 1 amide bonds. The van der Waals surface area contributed by atoms with Crippen LogP contribution in [0.3, 0.4) is 0 Å². The molecule has 0 saturated carbocycles. The van der Waals surface area contributed by atoms with Crippen LogP contribution in [0, 0.1) is 0 Å². The highest BCUT2D eigenvalue weighted by atomic mass is 16.5. The Kier molecular flexibility index (Phi) is 4.92. The zero-order valence-electron chi connectivity index (χ0n) is 12.3. The average Bonchev–Trinajstić information content (AvgIpc) is 2.88. The van der Waals surface area contributed by atoms with Gasteiger partial charge in [0.25, 0.3) is 0 Å². The number of ether oxygens (including phenoxy) is 1.